The molecule has 1 unspecified atom stereocenters. The number of benzene rings is 1. The van der Waals surface area contributed by atoms with Crippen molar-refractivity contribution in [2.24, 2.45) is 0 Å². The highest BCUT2D eigenvalue weighted by Crippen LogP contribution is 2.39. The maximum absolute atomic E-state index is 13.5. The van der Waals surface area contributed by atoms with Gasteiger partial charge in [0.25, 0.3) is 5.56 Å². The van der Waals surface area contributed by atoms with Crippen LogP contribution in [-0.4, -0.2) is 21.3 Å². The molecule has 0 bridgehead atoms. The van der Waals surface area contributed by atoms with E-state index in [2.05, 4.69) is 19.9 Å². The van der Waals surface area contributed by atoms with E-state index in [0.717, 1.165) is 36.1 Å². The molecule has 1 atom stereocenters. The maximum atomic E-state index is 13.5. The highest BCUT2D eigenvalue weighted by Gasteiger charge is 2.31. The molecule has 1 saturated carbocycles. The summed E-state index contributed by atoms with van der Waals surface area (Å²) in [7, 11) is 1.61. The first-order valence-corrected chi connectivity index (χ1v) is 9.82. The smallest absolute Gasteiger partial charge is 0.278 e. The average molecular weight is 386 g/mol. The second-order valence-corrected chi connectivity index (χ2v) is 7.79. The molecule has 6 heteroatoms. The largest absolute Gasteiger partial charge is 0.497 e. The second-order valence-electron chi connectivity index (χ2n) is 7.39. The Kier molecular flexibility index (Phi) is 4.50. The van der Waals surface area contributed by atoms with E-state index in [4.69, 9.17) is 21.4 Å². The van der Waals surface area contributed by atoms with E-state index < -0.39 is 0 Å². The lowest BCUT2D eigenvalue weighted by molar-refractivity contribution is 0.415. The van der Waals surface area contributed by atoms with Crippen LogP contribution >= 0.6 is 11.6 Å². The fraction of sp³-hybridized carbons (Fsp3) is 0.429. The molecule has 142 valence electrons. The van der Waals surface area contributed by atoms with E-state index in [-0.39, 0.29) is 11.6 Å². The molecule has 1 aliphatic rings. The molecule has 0 saturated heterocycles. The van der Waals surface area contributed by atoms with Gasteiger partial charge in [-0.1, -0.05) is 25.4 Å². The first-order valence-electron chi connectivity index (χ1n) is 9.44. The summed E-state index contributed by atoms with van der Waals surface area (Å²) in [5.74, 6) is 1.62. The monoisotopic (exact) mass is 385 g/mol. The van der Waals surface area contributed by atoms with Gasteiger partial charge in [0.15, 0.2) is 5.82 Å². The van der Waals surface area contributed by atoms with Crippen molar-refractivity contribution >= 4 is 17.1 Å². The van der Waals surface area contributed by atoms with Gasteiger partial charge in [0.2, 0.25) is 0 Å². The van der Waals surface area contributed by atoms with E-state index in [1.54, 1.807) is 17.7 Å². The fourth-order valence-corrected chi connectivity index (χ4v) is 3.86. The average Bonchev–Trinajstić information content (AvgIpc) is 3.44. The molecular formula is C21H24ClN3O2. The lowest BCUT2D eigenvalue weighted by atomic mass is 10.00. The Bertz CT molecular complexity index is 1080. The zero-order valence-electron chi connectivity index (χ0n) is 16.1. The standard InChI is InChI=1S/C21H24ClN3O2/c1-5-12(2)17-10-13(3)25-19(17)21(26)24(14-6-7-14)20(23-25)16-9-8-15(27-4)11-18(16)22/h8-12,14H,5-7H2,1-4H3. The Balaban J connectivity index is 2.03. The summed E-state index contributed by atoms with van der Waals surface area (Å²) in [6.07, 6.45) is 2.97. The maximum Gasteiger partial charge on any atom is 0.278 e. The number of hydrogen-bond acceptors (Lipinski definition) is 3. The van der Waals surface area contributed by atoms with Gasteiger partial charge in [-0.3, -0.25) is 9.36 Å². The number of methoxy groups -OCH3 is 1. The highest BCUT2D eigenvalue weighted by atomic mass is 35.5. The topological polar surface area (TPSA) is 48.5 Å². The Morgan fingerprint density at radius 3 is 2.67 bits per heavy atom. The predicted octanol–water partition coefficient (Wildman–Crippen LogP) is 4.98. The first-order chi connectivity index (χ1) is 13.0. The van der Waals surface area contributed by atoms with Crippen LogP contribution in [0.3, 0.4) is 0 Å². The van der Waals surface area contributed by atoms with Gasteiger partial charge in [0, 0.05) is 17.3 Å². The molecule has 1 aromatic carbocycles. The van der Waals surface area contributed by atoms with Gasteiger partial charge in [0.1, 0.15) is 11.3 Å². The molecule has 3 aromatic rings. The number of aromatic nitrogens is 3. The van der Waals surface area contributed by atoms with Crippen LogP contribution < -0.4 is 10.3 Å². The minimum absolute atomic E-state index is 0.0257. The Morgan fingerprint density at radius 2 is 2.07 bits per heavy atom. The summed E-state index contributed by atoms with van der Waals surface area (Å²) in [5.41, 5.74) is 3.52. The summed E-state index contributed by atoms with van der Waals surface area (Å²) in [6.45, 7) is 6.29. The van der Waals surface area contributed by atoms with Gasteiger partial charge in [0.05, 0.1) is 12.1 Å². The number of halogens is 1. The van der Waals surface area contributed by atoms with Crippen molar-refractivity contribution in [2.75, 3.05) is 7.11 Å². The molecule has 0 aliphatic heterocycles. The van der Waals surface area contributed by atoms with E-state index in [1.807, 2.05) is 23.6 Å². The Labute approximate surface area is 163 Å². The zero-order valence-corrected chi connectivity index (χ0v) is 16.9. The van der Waals surface area contributed by atoms with Crippen LogP contribution in [0.2, 0.25) is 5.02 Å². The van der Waals surface area contributed by atoms with Crippen LogP contribution in [0.15, 0.2) is 29.1 Å². The van der Waals surface area contributed by atoms with E-state index in [1.165, 1.54) is 0 Å². The van der Waals surface area contributed by atoms with Gasteiger partial charge < -0.3 is 4.74 Å². The van der Waals surface area contributed by atoms with E-state index >= 15 is 0 Å². The molecule has 5 nitrogen and oxygen atoms in total. The first kappa shape index (κ1) is 18.1. The molecule has 2 aromatic heterocycles. The Morgan fingerprint density at radius 1 is 1.33 bits per heavy atom. The fourth-order valence-electron chi connectivity index (χ4n) is 3.60. The Hall–Kier alpha value is -2.27. The number of ether oxygens (including phenoxy) is 1. The highest BCUT2D eigenvalue weighted by molar-refractivity contribution is 6.33. The minimum Gasteiger partial charge on any atom is -0.497 e. The van der Waals surface area contributed by atoms with Crippen LogP contribution in [0.25, 0.3) is 16.9 Å². The molecule has 0 radical (unpaired) electrons. The van der Waals surface area contributed by atoms with Crippen LogP contribution in [0.4, 0.5) is 0 Å². The predicted molar refractivity (Wildman–Crippen MR) is 108 cm³/mol. The van der Waals surface area contributed by atoms with Crippen LogP contribution in [-0.2, 0) is 0 Å². The van der Waals surface area contributed by atoms with Crippen molar-refractivity contribution in [3.63, 3.8) is 0 Å². The van der Waals surface area contributed by atoms with Crippen molar-refractivity contribution in [3.8, 4) is 17.1 Å². The number of nitrogens with zero attached hydrogens (tertiary/aromatic N) is 3. The van der Waals surface area contributed by atoms with Crippen LogP contribution in [0.5, 0.6) is 5.75 Å². The number of aryl methyl sites for hydroxylation is 1. The molecule has 1 fully saturated rings. The quantitative estimate of drug-likeness (QED) is 0.622. The van der Waals surface area contributed by atoms with Crippen molar-refractivity contribution in [3.05, 3.63) is 50.9 Å². The summed E-state index contributed by atoms with van der Waals surface area (Å²) in [5, 5.41) is 5.40. The van der Waals surface area contributed by atoms with Crippen molar-refractivity contribution in [1.82, 2.24) is 14.2 Å². The van der Waals surface area contributed by atoms with Crippen LogP contribution in [0.1, 0.15) is 56.3 Å². The van der Waals surface area contributed by atoms with Gasteiger partial charge in [-0.15, -0.1) is 5.10 Å². The van der Waals surface area contributed by atoms with Crippen molar-refractivity contribution < 1.29 is 4.74 Å². The van der Waals surface area contributed by atoms with Crippen LogP contribution in [0, 0.1) is 6.92 Å². The third-order valence-electron chi connectivity index (χ3n) is 5.50. The number of rotatable bonds is 5. The summed E-state index contributed by atoms with van der Waals surface area (Å²) >= 11 is 6.52. The lowest BCUT2D eigenvalue weighted by Gasteiger charge is -2.15. The lowest BCUT2D eigenvalue weighted by Crippen LogP contribution is -2.26. The third kappa shape index (κ3) is 2.94. The van der Waals surface area contributed by atoms with Gasteiger partial charge >= 0.3 is 0 Å². The van der Waals surface area contributed by atoms with Crippen molar-refractivity contribution in [1.29, 1.82) is 0 Å². The van der Waals surface area contributed by atoms with Gasteiger partial charge in [-0.2, -0.15) is 0 Å². The summed E-state index contributed by atoms with van der Waals surface area (Å²) in [4.78, 5) is 13.5. The molecule has 27 heavy (non-hydrogen) atoms. The summed E-state index contributed by atoms with van der Waals surface area (Å²) in [6, 6.07) is 7.78. The summed E-state index contributed by atoms with van der Waals surface area (Å²) < 4.78 is 8.88. The second kappa shape index (κ2) is 6.71. The number of fused-ring (bicyclic) bond motifs is 1. The zero-order chi connectivity index (χ0) is 19.3. The minimum atomic E-state index is 0.0257. The molecule has 4 rings (SSSR count). The van der Waals surface area contributed by atoms with E-state index in [9.17, 15) is 4.79 Å². The molecule has 2 heterocycles. The molecular weight excluding hydrogens is 362 g/mol. The molecule has 0 spiro atoms. The molecule has 0 amide bonds. The van der Waals surface area contributed by atoms with Gasteiger partial charge in [-0.25, -0.2) is 4.52 Å². The molecule has 0 N–H and O–H groups in total. The molecule has 1 aliphatic carbocycles. The van der Waals surface area contributed by atoms with E-state index in [0.29, 0.717) is 28.0 Å². The van der Waals surface area contributed by atoms with Crippen molar-refractivity contribution in [2.45, 2.75) is 52.0 Å². The van der Waals surface area contributed by atoms with Gasteiger partial charge in [-0.05, 0) is 61.9 Å². The number of hydrogen-bond donors (Lipinski definition) is 0. The third-order valence-corrected chi connectivity index (χ3v) is 5.81. The SMILES string of the molecule is CCC(C)c1cc(C)n2nc(-c3ccc(OC)cc3Cl)n(C3CC3)c(=O)c12. The normalized spacial score (nSPS) is 15.3.